The van der Waals surface area contributed by atoms with Crippen LogP contribution in [0.4, 0.5) is 0 Å². The molecule has 4 rings (SSSR count). The number of halogens is 1. The molecule has 1 aromatic carbocycles. The highest BCUT2D eigenvalue weighted by Gasteiger charge is 2.42. The zero-order valence-corrected chi connectivity index (χ0v) is 20.7. The van der Waals surface area contributed by atoms with E-state index in [1.54, 1.807) is 17.0 Å². The van der Waals surface area contributed by atoms with Gasteiger partial charge in [-0.05, 0) is 49.9 Å². The second-order valence-electron chi connectivity index (χ2n) is 9.41. The van der Waals surface area contributed by atoms with E-state index in [4.69, 9.17) is 30.5 Å². The molecule has 1 aromatic rings. The molecule has 3 heterocycles. The van der Waals surface area contributed by atoms with E-state index < -0.39 is 5.60 Å². The predicted molar refractivity (Wildman–Crippen MR) is 127 cm³/mol. The van der Waals surface area contributed by atoms with Crippen LogP contribution in [-0.4, -0.2) is 92.5 Å². The third kappa shape index (κ3) is 6.62. The highest BCUT2D eigenvalue weighted by atomic mass is 35.5. The van der Waals surface area contributed by atoms with Crippen LogP contribution in [-0.2, 0) is 23.8 Å². The Balaban J connectivity index is 1.46. The van der Waals surface area contributed by atoms with Crippen molar-refractivity contribution in [3.63, 3.8) is 0 Å². The molecule has 0 bridgehead atoms. The van der Waals surface area contributed by atoms with E-state index >= 15 is 0 Å². The van der Waals surface area contributed by atoms with E-state index in [9.17, 15) is 9.59 Å². The second-order valence-corrected chi connectivity index (χ2v) is 9.82. The van der Waals surface area contributed by atoms with Gasteiger partial charge in [0.2, 0.25) is 11.8 Å². The van der Waals surface area contributed by atoms with E-state index in [-0.39, 0.29) is 30.9 Å². The van der Waals surface area contributed by atoms with Gasteiger partial charge in [0.05, 0.1) is 45.3 Å². The molecule has 188 valence electrons. The standard InChI is InChI=1S/C25H35ClN2O6/c1-19-14-21(5-6-22(19)26)33-18-25(16-24(30)27-7-11-31-12-8-27)17-28(9-13-34-25)23(29)15-20-4-2-3-10-32-20/h5-6,14,20H,2-4,7-13,15-18H2,1H3/t20-,25+/m0/s1. The maximum atomic E-state index is 13.2. The van der Waals surface area contributed by atoms with Crippen molar-refractivity contribution < 1.29 is 28.5 Å². The van der Waals surface area contributed by atoms with Crippen molar-refractivity contribution in [3.8, 4) is 5.75 Å². The molecule has 0 unspecified atom stereocenters. The smallest absolute Gasteiger partial charge is 0.225 e. The second kappa shape index (κ2) is 11.7. The van der Waals surface area contributed by atoms with Gasteiger partial charge in [-0.15, -0.1) is 0 Å². The molecule has 0 saturated carbocycles. The van der Waals surface area contributed by atoms with Crippen LogP contribution >= 0.6 is 11.6 Å². The van der Waals surface area contributed by atoms with Gasteiger partial charge in [0, 0.05) is 31.3 Å². The predicted octanol–water partition coefficient (Wildman–Crippen LogP) is 2.83. The van der Waals surface area contributed by atoms with Crippen LogP contribution in [0.15, 0.2) is 18.2 Å². The Hall–Kier alpha value is -1.87. The number of amides is 2. The first-order chi connectivity index (χ1) is 16.4. The van der Waals surface area contributed by atoms with Gasteiger partial charge in [-0.25, -0.2) is 0 Å². The highest BCUT2D eigenvalue weighted by molar-refractivity contribution is 6.31. The fourth-order valence-electron chi connectivity index (χ4n) is 4.72. The van der Waals surface area contributed by atoms with Crippen LogP contribution in [0.25, 0.3) is 0 Å². The molecule has 0 spiro atoms. The van der Waals surface area contributed by atoms with Crippen LogP contribution < -0.4 is 4.74 Å². The van der Waals surface area contributed by atoms with Crippen molar-refractivity contribution in [1.82, 2.24) is 9.80 Å². The lowest BCUT2D eigenvalue weighted by Crippen LogP contribution is -2.59. The summed E-state index contributed by atoms with van der Waals surface area (Å²) >= 11 is 6.15. The molecule has 9 heteroatoms. The van der Waals surface area contributed by atoms with Gasteiger partial charge in [0.25, 0.3) is 0 Å². The first-order valence-electron chi connectivity index (χ1n) is 12.2. The molecule has 3 aliphatic heterocycles. The minimum absolute atomic E-state index is 0.0101. The van der Waals surface area contributed by atoms with Crippen LogP contribution in [0.2, 0.25) is 5.02 Å². The number of hydrogen-bond acceptors (Lipinski definition) is 6. The summed E-state index contributed by atoms with van der Waals surface area (Å²) in [6.07, 6.45) is 3.54. The van der Waals surface area contributed by atoms with Crippen molar-refractivity contribution in [1.29, 1.82) is 0 Å². The molecule has 0 N–H and O–H groups in total. The number of carbonyl (C=O) groups is 2. The minimum atomic E-state index is -0.926. The van der Waals surface area contributed by atoms with Gasteiger partial charge in [0.15, 0.2) is 0 Å². The Bertz CT molecular complexity index is 856. The normalized spacial score (nSPS) is 25.8. The molecule has 3 fully saturated rings. The van der Waals surface area contributed by atoms with Gasteiger partial charge in [-0.3, -0.25) is 9.59 Å². The molecule has 2 atom stereocenters. The molecular formula is C25H35ClN2O6. The van der Waals surface area contributed by atoms with Gasteiger partial charge in [0.1, 0.15) is 18.0 Å². The lowest BCUT2D eigenvalue weighted by atomic mass is 9.96. The number of benzene rings is 1. The fraction of sp³-hybridized carbons (Fsp3) is 0.680. The summed E-state index contributed by atoms with van der Waals surface area (Å²) in [5, 5.41) is 0.667. The molecular weight excluding hydrogens is 460 g/mol. The van der Waals surface area contributed by atoms with Crippen molar-refractivity contribution in [3.05, 3.63) is 28.8 Å². The van der Waals surface area contributed by atoms with Crippen molar-refractivity contribution in [2.24, 2.45) is 0 Å². The molecule has 2 amide bonds. The quantitative estimate of drug-likeness (QED) is 0.580. The Morgan fingerprint density at radius 1 is 1.09 bits per heavy atom. The minimum Gasteiger partial charge on any atom is -0.490 e. The summed E-state index contributed by atoms with van der Waals surface area (Å²) in [6.45, 7) is 6.15. The average molecular weight is 495 g/mol. The molecule has 0 radical (unpaired) electrons. The first-order valence-corrected chi connectivity index (χ1v) is 12.6. The van der Waals surface area contributed by atoms with Crippen molar-refractivity contribution in [2.75, 3.05) is 59.2 Å². The van der Waals surface area contributed by atoms with Crippen LogP contribution in [0.1, 0.15) is 37.7 Å². The third-order valence-electron chi connectivity index (χ3n) is 6.75. The summed E-state index contributed by atoms with van der Waals surface area (Å²) in [5.74, 6) is 0.688. The number of morpholine rings is 2. The molecule has 8 nitrogen and oxygen atoms in total. The van der Waals surface area contributed by atoms with Gasteiger partial charge in [-0.2, -0.15) is 0 Å². The summed E-state index contributed by atoms with van der Waals surface area (Å²) in [4.78, 5) is 29.9. The summed E-state index contributed by atoms with van der Waals surface area (Å²) in [6, 6.07) is 5.46. The number of ether oxygens (including phenoxy) is 4. The number of carbonyl (C=O) groups excluding carboxylic acids is 2. The van der Waals surface area contributed by atoms with E-state index in [0.717, 1.165) is 24.8 Å². The van der Waals surface area contributed by atoms with Crippen molar-refractivity contribution >= 4 is 23.4 Å². The number of hydrogen-bond donors (Lipinski definition) is 0. The number of aryl methyl sites for hydroxylation is 1. The Morgan fingerprint density at radius 3 is 2.62 bits per heavy atom. The Morgan fingerprint density at radius 2 is 1.88 bits per heavy atom. The first kappa shape index (κ1) is 25.2. The van der Waals surface area contributed by atoms with Gasteiger partial charge in [-0.1, -0.05) is 11.6 Å². The maximum Gasteiger partial charge on any atom is 0.225 e. The zero-order chi connectivity index (χ0) is 24.0. The van der Waals surface area contributed by atoms with Crippen LogP contribution in [0.5, 0.6) is 5.75 Å². The average Bonchev–Trinajstić information content (AvgIpc) is 2.86. The van der Waals surface area contributed by atoms with E-state index in [1.807, 2.05) is 17.9 Å². The topological polar surface area (TPSA) is 77.5 Å². The van der Waals surface area contributed by atoms with Crippen LogP contribution in [0, 0.1) is 6.92 Å². The highest BCUT2D eigenvalue weighted by Crippen LogP contribution is 2.28. The largest absolute Gasteiger partial charge is 0.490 e. The third-order valence-corrected chi connectivity index (χ3v) is 7.17. The Kier molecular flexibility index (Phi) is 8.69. The molecule has 34 heavy (non-hydrogen) atoms. The Labute approximate surface area is 206 Å². The lowest BCUT2D eigenvalue weighted by Gasteiger charge is -2.43. The van der Waals surface area contributed by atoms with Gasteiger partial charge >= 0.3 is 0 Å². The van der Waals surface area contributed by atoms with E-state index in [2.05, 4.69) is 0 Å². The summed E-state index contributed by atoms with van der Waals surface area (Å²) < 4.78 is 23.5. The monoisotopic (exact) mass is 494 g/mol. The van der Waals surface area contributed by atoms with Crippen LogP contribution in [0.3, 0.4) is 0 Å². The molecule has 0 aliphatic carbocycles. The van der Waals surface area contributed by atoms with Gasteiger partial charge < -0.3 is 28.7 Å². The lowest BCUT2D eigenvalue weighted by molar-refractivity contribution is -0.168. The number of rotatable bonds is 7. The molecule has 3 saturated heterocycles. The zero-order valence-electron chi connectivity index (χ0n) is 19.9. The maximum absolute atomic E-state index is 13.2. The summed E-state index contributed by atoms with van der Waals surface area (Å²) in [5.41, 5.74) is -0.0176. The van der Waals surface area contributed by atoms with Crippen molar-refractivity contribution in [2.45, 2.75) is 50.7 Å². The fourth-order valence-corrected chi connectivity index (χ4v) is 4.83. The molecule has 0 aromatic heterocycles. The molecule has 3 aliphatic rings. The van der Waals surface area contributed by atoms with E-state index in [0.29, 0.717) is 69.8 Å². The SMILES string of the molecule is Cc1cc(OC[C@@]2(CC(=O)N3CCOCC3)CN(C(=O)C[C@@H]3CCCCO3)CCO2)ccc1Cl. The number of nitrogens with zero attached hydrogens (tertiary/aromatic N) is 2. The summed E-state index contributed by atoms with van der Waals surface area (Å²) in [7, 11) is 0. The van der Waals surface area contributed by atoms with E-state index in [1.165, 1.54) is 0 Å².